The third kappa shape index (κ3) is 6.36. The van der Waals surface area contributed by atoms with Gasteiger partial charge in [-0.2, -0.15) is 0 Å². The summed E-state index contributed by atoms with van der Waals surface area (Å²) in [5.41, 5.74) is 3.18. The fourth-order valence-electron chi connectivity index (χ4n) is 2.61. The second-order valence-corrected chi connectivity index (χ2v) is 8.12. The third-order valence-corrected chi connectivity index (χ3v) is 3.70. The van der Waals surface area contributed by atoms with Gasteiger partial charge in [0.15, 0.2) is 0 Å². The summed E-state index contributed by atoms with van der Waals surface area (Å²) >= 11 is 0. The summed E-state index contributed by atoms with van der Waals surface area (Å²) in [5.74, 6) is 3.04. The molecule has 0 aromatic heterocycles. The van der Waals surface area contributed by atoms with Crippen LogP contribution in [0, 0.1) is 23.2 Å². The van der Waals surface area contributed by atoms with Gasteiger partial charge in [0.1, 0.15) is 6.61 Å². The SMILES string of the molecule is C#CCOCc1ccc(C(CC(C)(C)C)C(C)(C)C)cc1. The van der Waals surface area contributed by atoms with Gasteiger partial charge in [-0.05, 0) is 34.3 Å². The first-order chi connectivity index (χ1) is 9.63. The molecule has 0 N–H and O–H groups in total. The molecule has 1 atom stereocenters. The monoisotopic (exact) mass is 286 g/mol. The summed E-state index contributed by atoms with van der Waals surface area (Å²) in [6, 6.07) is 8.81. The highest BCUT2D eigenvalue weighted by molar-refractivity contribution is 5.26. The van der Waals surface area contributed by atoms with Gasteiger partial charge >= 0.3 is 0 Å². The maximum Gasteiger partial charge on any atom is 0.107 e. The van der Waals surface area contributed by atoms with Crippen molar-refractivity contribution in [2.75, 3.05) is 6.61 Å². The first-order valence-corrected chi connectivity index (χ1v) is 7.73. The highest BCUT2D eigenvalue weighted by atomic mass is 16.5. The maximum atomic E-state index is 5.38. The van der Waals surface area contributed by atoms with Gasteiger partial charge in [-0.1, -0.05) is 71.7 Å². The standard InChI is InChI=1S/C20H30O/c1-8-13-21-15-16-9-11-17(12-10-16)18(20(5,6)7)14-19(2,3)4/h1,9-12,18H,13-15H2,2-7H3. The van der Waals surface area contributed by atoms with Crippen molar-refractivity contribution in [3.63, 3.8) is 0 Å². The molecule has 0 amide bonds. The molecule has 1 aromatic carbocycles. The van der Waals surface area contributed by atoms with Gasteiger partial charge < -0.3 is 4.74 Å². The molecule has 0 saturated heterocycles. The van der Waals surface area contributed by atoms with E-state index in [1.807, 2.05) is 0 Å². The van der Waals surface area contributed by atoms with Gasteiger partial charge in [-0.25, -0.2) is 0 Å². The Morgan fingerprint density at radius 3 is 2.05 bits per heavy atom. The first kappa shape index (κ1) is 17.8. The molecule has 0 saturated carbocycles. The molecule has 0 aliphatic rings. The summed E-state index contributed by atoms with van der Waals surface area (Å²) in [6.45, 7) is 14.9. The number of benzene rings is 1. The Morgan fingerprint density at radius 2 is 1.62 bits per heavy atom. The van der Waals surface area contributed by atoms with Gasteiger partial charge in [-0.15, -0.1) is 6.42 Å². The smallest absolute Gasteiger partial charge is 0.107 e. The minimum atomic E-state index is 0.259. The van der Waals surface area contributed by atoms with Crippen LogP contribution in [0.5, 0.6) is 0 Å². The van der Waals surface area contributed by atoms with Crippen molar-refractivity contribution in [3.8, 4) is 12.3 Å². The van der Waals surface area contributed by atoms with Crippen molar-refractivity contribution < 1.29 is 4.74 Å². The van der Waals surface area contributed by atoms with Crippen LogP contribution in [0.1, 0.15) is 65.0 Å². The molecule has 21 heavy (non-hydrogen) atoms. The summed E-state index contributed by atoms with van der Waals surface area (Å²) in [6.07, 6.45) is 6.37. The lowest BCUT2D eigenvalue weighted by molar-refractivity contribution is 0.153. The predicted molar refractivity (Wildman–Crippen MR) is 91.2 cm³/mol. The van der Waals surface area contributed by atoms with E-state index >= 15 is 0 Å². The summed E-state index contributed by atoms with van der Waals surface area (Å²) in [4.78, 5) is 0. The van der Waals surface area contributed by atoms with Gasteiger partial charge in [0.05, 0.1) is 6.61 Å². The molecule has 0 aliphatic heterocycles. The van der Waals surface area contributed by atoms with E-state index in [-0.39, 0.29) is 5.41 Å². The molecular weight excluding hydrogens is 256 g/mol. The van der Waals surface area contributed by atoms with E-state index in [2.05, 4.69) is 71.7 Å². The largest absolute Gasteiger partial charge is 0.364 e. The fourth-order valence-corrected chi connectivity index (χ4v) is 2.61. The van der Waals surface area contributed by atoms with E-state index in [4.69, 9.17) is 11.2 Å². The van der Waals surface area contributed by atoms with Crippen LogP contribution in [-0.4, -0.2) is 6.61 Å². The van der Waals surface area contributed by atoms with Crippen molar-refractivity contribution in [1.29, 1.82) is 0 Å². The predicted octanol–water partition coefficient (Wildman–Crippen LogP) is 5.40. The zero-order valence-corrected chi connectivity index (χ0v) is 14.5. The minimum absolute atomic E-state index is 0.259. The van der Waals surface area contributed by atoms with Crippen molar-refractivity contribution in [2.24, 2.45) is 10.8 Å². The number of hydrogen-bond acceptors (Lipinski definition) is 1. The normalized spacial score (nSPS) is 13.8. The average molecular weight is 286 g/mol. The summed E-state index contributed by atoms with van der Waals surface area (Å²) < 4.78 is 5.38. The lowest BCUT2D eigenvalue weighted by atomic mass is 9.69. The molecule has 0 radical (unpaired) electrons. The highest BCUT2D eigenvalue weighted by Gasteiger charge is 2.30. The zero-order valence-electron chi connectivity index (χ0n) is 14.5. The van der Waals surface area contributed by atoms with Crippen LogP contribution in [0.4, 0.5) is 0 Å². The molecule has 0 aliphatic carbocycles. The Balaban J connectivity index is 2.87. The fraction of sp³-hybridized carbons (Fsp3) is 0.600. The van der Waals surface area contributed by atoms with E-state index in [1.165, 1.54) is 17.5 Å². The Kier molecular flexibility index (Phi) is 6.05. The molecule has 116 valence electrons. The minimum Gasteiger partial charge on any atom is -0.364 e. The molecule has 0 bridgehead atoms. The van der Waals surface area contributed by atoms with Gasteiger partial charge in [0.2, 0.25) is 0 Å². The molecule has 0 fully saturated rings. The van der Waals surface area contributed by atoms with E-state index in [1.54, 1.807) is 0 Å². The van der Waals surface area contributed by atoms with E-state index < -0.39 is 0 Å². The van der Waals surface area contributed by atoms with Crippen molar-refractivity contribution >= 4 is 0 Å². The van der Waals surface area contributed by atoms with Crippen molar-refractivity contribution in [3.05, 3.63) is 35.4 Å². The van der Waals surface area contributed by atoms with Gasteiger partial charge in [0, 0.05) is 0 Å². The molecule has 1 aromatic rings. The van der Waals surface area contributed by atoms with Crippen LogP contribution in [0.2, 0.25) is 0 Å². The lowest BCUT2D eigenvalue weighted by Gasteiger charge is -2.36. The zero-order chi connectivity index (χ0) is 16.1. The lowest BCUT2D eigenvalue weighted by Crippen LogP contribution is -2.23. The maximum absolute atomic E-state index is 5.38. The van der Waals surface area contributed by atoms with Crippen LogP contribution >= 0.6 is 0 Å². The first-order valence-electron chi connectivity index (χ1n) is 7.73. The molecular formula is C20H30O. The van der Waals surface area contributed by atoms with Crippen LogP contribution in [0.15, 0.2) is 24.3 Å². The van der Waals surface area contributed by atoms with Gasteiger partial charge in [-0.3, -0.25) is 0 Å². The molecule has 0 spiro atoms. The Morgan fingerprint density at radius 1 is 1.05 bits per heavy atom. The Hall–Kier alpha value is -1.26. The van der Waals surface area contributed by atoms with Crippen molar-refractivity contribution in [1.82, 2.24) is 0 Å². The van der Waals surface area contributed by atoms with Crippen LogP contribution < -0.4 is 0 Å². The van der Waals surface area contributed by atoms with Crippen molar-refractivity contribution in [2.45, 2.75) is 60.5 Å². The van der Waals surface area contributed by atoms with E-state index in [9.17, 15) is 0 Å². The van der Waals surface area contributed by atoms with Crippen LogP contribution in [0.25, 0.3) is 0 Å². The number of hydrogen-bond donors (Lipinski definition) is 0. The summed E-state index contributed by atoms with van der Waals surface area (Å²) in [5, 5.41) is 0. The third-order valence-electron chi connectivity index (χ3n) is 3.70. The highest BCUT2D eigenvalue weighted by Crippen LogP contribution is 2.42. The number of rotatable bonds is 5. The van der Waals surface area contributed by atoms with E-state index in [0.717, 1.165) is 0 Å². The van der Waals surface area contributed by atoms with Crippen LogP contribution in [-0.2, 0) is 11.3 Å². The second kappa shape index (κ2) is 7.14. The average Bonchev–Trinajstić information content (AvgIpc) is 2.35. The molecule has 1 rings (SSSR count). The molecule has 1 unspecified atom stereocenters. The quantitative estimate of drug-likeness (QED) is 0.520. The number of ether oxygens (including phenoxy) is 1. The topological polar surface area (TPSA) is 9.23 Å². The van der Waals surface area contributed by atoms with Gasteiger partial charge in [0.25, 0.3) is 0 Å². The molecule has 0 heterocycles. The summed E-state index contributed by atoms with van der Waals surface area (Å²) in [7, 11) is 0. The molecule has 1 heteroatoms. The van der Waals surface area contributed by atoms with E-state index in [0.29, 0.717) is 24.5 Å². The number of terminal acetylenes is 1. The molecule has 1 nitrogen and oxygen atoms in total. The Labute approximate surface area is 131 Å². The Bertz CT molecular complexity index is 463. The van der Waals surface area contributed by atoms with Crippen LogP contribution in [0.3, 0.4) is 0 Å². The second-order valence-electron chi connectivity index (χ2n) is 8.12.